The molecular formula is C18H38N2S. The number of hydrogen-bond acceptors (Lipinski definition) is 3. The van der Waals surface area contributed by atoms with Crippen molar-refractivity contribution in [1.82, 2.24) is 10.2 Å². The van der Waals surface area contributed by atoms with Gasteiger partial charge in [0, 0.05) is 30.1 Å². The van der Waals surface area contributed by atoms with Crippen LogP contribution in [-0.4, -0.2) is 48.1 Å². The Morgan fingerprint density at radius 1 is 1.19 bits per heavy atom. The Balaban J connectivity index is 2.56. The van der Waals surface area contributed by atoms with Crippen LogP contribution in [0.15, 0.2) is 0 Å². The summed E-state index contributed by atoms with van der Waals surface area (Å²) in [6.45, 7) is 20.2. The molecule has 126 valence electrons. The van der Waals surface area contributed by atoms with Crippen LogP contribution in [0.1, 0.15) is 60.8 Å². The SMILES string of the molecule is CCC(CC)(CNCC(C)C)CN1CCSC(C)(C)CC1. The number of hydrogen-bond donors (Lipinski definition) is 1. The average Bonchev–Trinajstić information content (AvgIpc) is 2.58. The van der Waals surface area contributed by atoms with Crippen LogP contribution in [0.25, 0.3) is 0 Å². The largest absolute Gasteiger partial charge is 0.316 e. The molecule has 1 aliphatic rings. The molecule has 0 bridgehead atoms. The van der Waals surface area contributed by atoms with Crippen molar-refractivity contribution in [3.63, 3.8) is 0 Å². The van der Waals surface area contributed by atoms with E-state index in [1.165, 1.54) is 51.2 Å². The second kappa shape index (κ2) is 8.79. The van der Waals surface area contributed by atoms with Crippen LogP contribution in [0, 0.1) is 11.3 Å². The summed E-state index contributed by atoms with van der Waals surface area (Å²) in [6, 6.07) is 0. The Labute approximate surface area is 137 Å². The zero-order valence-electron chi connectivity index (χ0n) is 15.3. The van der Waals surface area contributed by atoms with Crippen molar-refractivity contribution in [2.24, 2.45) is 11.3 Å². The van der Waals surface area contributed by atoms with Gasteiger partial charge >= 0.3 is 0 Å². The molecule has 0 unspecified atom stereocenters. The molecule has 1 N–H and O–H groups in total. The lowest BCUT2D eigenvalue weighted by atomic mass is 9.81. The van der Waals surface area contributed by atoms with Crippen molar-refractivity contribution in [3.8, 4) is 0 Å². The molecule has 0 atom stereocenters. The van der Waals surface area contributed by atoms with E-state index in [2.05, 4.69) is 63.5 Å². The van der Waals surface area contributed by atoms with Gasteiger partial charge in [-0.15, -0.1) is 0 Å². The fourth-order valence-electron chi connectivity index (χ4n) is 3.10. The van der Waals surface area contributed by atoms with E-state index in [1.54, 1.807) is 0 Å². The van der Waals surface area contributed by atoms with E-state index in [0.717, 1.165) is 12.5 Å². The average molecular weight is 315 g/mol. The first-order chi connectivity index (χ1) is 9.82. The van der Waals surface area contributed by atoms with Gasteiger partial charge in [0.2, 0.25) is 0 Å². The molecule has 0 aliphatic carbocycles. The van der Waals surface area contributed by atoms with Gasteiger partial charge in [-0.1, -0.05) is 41.5 Å². The Morgan fingerprint density at radius 2 is 1.86 bits per heavy atom. The van der Waals surface area contributed by atoms with E-state index in [-0.39, 0.29) is 0 Å². The second-order valence-electron chi connectivity index (χ2n) is 7.87. The minimum atomic E-state index is 0.452. The third-order valence-electron chi connectivity index (χ3n) is 5.04. The molecule has 0 aromatic rings. The van der Waals surface area contributed by atoms with E-state index < -0.39 is 0 Å². The molecule has 1 aliphatic heterocycles. The maximum atomic E-state index is 3.72. The van der Waals surface area contributed by atoms with Crippen LogP contribution >= 0.6 is 11.8 Å². The molecule has 0 amide bonds. The molecule has 0 aromatic carbocycles. The molecular weight excluding hydrogens is 276 g/mol. The topological polar surface area (TPSA) is 15.3 Å². The van der Waals surface area contributed by atoms with Gasteiger partial charge in [-0.25, -0.2) is 0 Å². The highest BCUT2D eigenvalue weighted by atomic mass is 32.2. The zero-order chi connectivity index (χ0) is 15.9. The lowest BCUT2D eigenvalue weighted by Crippen LogP contribution is -2.45. The van der Waals surface area contributed by atoms with E-state index >= 15 is 0 Å². The minimum absolute atomic E-state index is 0.452. The second-order valence-corrected chi connectivity index (χ2v) is 9.67. The Morgan fingerprint density at radius 3 is 2.43 bits per heavy atom. The van der Waals surface area contributed by atoms with Gasteiger partial charge in [0.25, 0.3) is 0 Å². The quantitative estimate of drug-likeness (QED) is 0.721. The summed E-state index contributed by atoms with van der Waals surface area (Å²) < 4.78 is 0.464. The first-order valence-corrected chi connectivity index (χ1v) is 9.88. The first-order valence-electron chi connectivity index (χ1n) is 8.89. The summed E-state index contributed by atoms with van der Waals surface area (Å²) in [6.07, 6.45) is 3.88. The van der Waals surface area contributed by atoms with Crippen molar-refractivity contribution in [1.29, 1.82) is 0 Å². The Bertz CT molecular complexity index is 285. The highest BCUT2D eigenvalue weighted by molar-refractivity contribution is 8.00. The van der Waals surface area contributed by atoms with Crippen molar-refractivity contribution in [2.75, 3.05) is 38.5 Å². The van der Waals surface area contributed by atoms with Gasteiger partial charge in [0.15, 0.2) is 0 Å². The molecule has 0 spiro atoms. The third-order valence-corrected chi connectivity index (χ3v) is 6.41. The Hall–Kier alpha value is 0.270. The van der Waals surface area contributed by atoms with Gasteiger partial charge in [-0.05, 0) is 43.7 Å². The van der Waals surface area contributed by atoms with Crippen molar-refractivity contribution in [3.05, 3.63) is 0 Å². The summed E-state index contributed by atoms with van der Waals surface area (Å²) >= 11 is 2.15. The number of rotatable bonds is 8. The summed E-state index contributed by atoms with van der Waals surface area (Å²) in [5.74, 6) is 2.03. The highest BCUT2D eigenvalue weighted by Crippen LogP contribution is 2.33. The van der Waals surface area contributed by atoms with Crippen LogP contribution in [0.5, 0.6) is 0 Å². The molecule has 0 aromatic heterocycles. The van der Waals surface area contributed by atoms with Crippen molar-refractivity contribution >= 4 is 11.8 Å². The van der Waals surface area contributed by atoms with E-state index in [1.807, 2.05) is 0 Å². The zero-order valence-corrected chi connectivity index (χ0v) is 16.1. The normalized spacial score (nSPS) is 20.7. The molecule has 1 saturated heterocycles. The molecule has 0 radical (unpaired) electrons. The van der Waals surface area contributed by atoms with Crippen LogP contribution in [0.3, 0.4) is 0 Å². The summed E-state index contributed by atoms with van der Waals surface area (Å²) in [5, 5.41) is 3.72. The molecule has 1 heterocycles. The van der Waals surface area contributed by atoms with Crippen LogP contribution in [0.4, 0.5) is 0 Å². The summed E-state index contributed by atoms with van der Waals surface area (Å²) in [5.41, 5.74) is 0.452. The smallest absolute Gasteiger partial charge is 0.0116 e. The predicted octanol–water partition coefficient (Wildman–Crippen LogP) is 4.26. The third kappa shape index (κ3) is 6.92. The Kier molecular flexibility index (Phi) is 8.08. The first kappa shape index (κ1) is 19.3. The van der Waals surface area contributed by atoms with E-state index in [4.69, 9.17) is 0 Å². The molecule has 2 nitrogen and oxygen atoms in total. The predicted molar refractivity (Wildman–Crippen MR) is 98.3 cm³/mol. The molecule has 0 saturated carbocycles. The van der Waals surface area contributed by atoms with Gasteiger partial charge in [0.1, 0.15) is 0 Å². The number of thioether (sulfide) groups is 1. The van der Waals surface area contributed by atoms with Crippen LogP contribution < -0.4 is 5.32 Å². The minimum Gasteiger partial charge on any atom is -0.316 e. The van der Waals surface area contributed by atoms with E-state index in [9.17, 15) is 0 Å². The van der Waals surface area contributed by atoms with Gasteiger partial charge < -0.3 is 10.2 Å². The lowest BCUT2D eigenvalue weighted by molar-refractivity contribution is 0.137. The van der Waals surface area contributed by atoms with Gasteiger partial charge in [-0.3, -0.25) is 0 Å². The molecule has 21 heavy (non-hydrogen) atoms. The summed E-state index contributed by atoms with van der Waals surface area (Å²) in [7, 11) is 0. The highest BCUT2D eigenvalue weighted by Gasteiger charge is 2.31. The molecule has 3 heteroatoms. The molecule has 1 rings (SSSR count). The van der Waals surface area contributed by atoms with E-state index in [0.29, 0.717) is 10.2 Å². The van der Waals surface area contributed by atoms with Crippen molar-refractivity contribution in [2.45, 2.75) is 65.6 Å². The monoisotopic (exact) mass is 314 g/mol. The maximum absolute atomic E-state index is 3.72. The fraction of sp³-hybridized carbons (Fsp3) is 1.00. The molecule has 1 fully saturated rings. The standard InChI is InChI=1S/C18H38N2S/c1-7-18(8-2,14-19-13-16(3)4)15-20-10-9-17(5,6)21-12-11-20/h16,19H,7-15H2,1-6H3. The van der Waals surface area contributed by atoms with Crippen LogP contribution in [-0.2, 0) is 0 Å². The van der Waals surface area contributed by atoms with Crippen molar-refractivity contribution < 1.29 is 0 Å². The fourth-order valence-corrected chi connectivity index (χ4v) is 4.24. The number of nitrogens with one attached hydrogen (secondary N) is 1. The number of nitrogens with zero attached hydrogens (tertiary/aromatic N) is 1. The van der Waals surface area contributed by atoms with Gasteiger partial charge in [-0.2, -0.15) is 11.8 Å². The van der Waals surface area contributed by atoms with Gasteiger partial charge in [0.05, 0.1) is 0 Å². The van der Waals surface area contributed by atoms with Crippen LogP contribution in [0.2, 0.25) is 0 Å². The lowest BCUT2D eigenvalue weighted by Gasteiger charge is -2.37. The summed E-state index contributed by atoms with van der Waals surface area (Å²) in [4.78, 5) is 2.73. The maximum Gasteiger partial charge on any atom is 0.0116 e.